The first-order chi connectivity index (χ1) is 21.8. The third-order valence-electron chi connectivity index (χ3n) is 8.42. The minimum absolute atomic E-state index is 0.661. The van der Waals surface area contributed by atoms with Crippen molar-refractivity contribution in [2.75, 3.05) is 0 Å². The second kappa shape index (κ2) is 9.79. The van der Waals surface area contributed by atoms with Crippen LogP contribution in [0, 0.1) is 0 Å². The maximum Gasteiger partial charge on any atom is 0.162 e. The third kappa shape index (κ3) is 3.85. The Morgan fingerprint density at radius 3 is 1.57 bits per heavy atom. The van der Waals surface area contributed by atoms with Gasteiger partial charge in [0.05, 0.1) is 28.1 Å². The summed E-state index contributed by atoms with van der Waals surface area (Å²) < 4.78 is 8.76. The zero-order valence-corrected chi connectivity index (χ0v) is 23.7. The van der Waals surface area contributed by atoms with Crippen molar-refractivity contribution in [3.8, 4) is 39.6 Å². The first-order valence-corrected chi connectivity index (χ1v) is 14.8. The SMILES string of the molecule is c1ccc(-c2cc(-c3ccccc3)nc(-c3cc4c(cc3-n3c5ccccc5c5ccccc53)oc3ccccc34)n2)cc1. The molecule has 0 aliphatic heterocycles. The molecule has 0 aliphatic carbocycles. The molecule has 3 heterocycles. The fourth-order valence-corrected chi connectivity index (χ4v) is 6.39. The molecule has 0 saturated heterocycles. The van der Waals surface area contributed by atoms with E-state index in [0.29, 0.717) is 5.82 Å². The summed E-state index contributed by atoms with van der Waals surface area (Å²) in [6, 6.07) is 52.4. The Bertz CT molecular complexity index is 2380. The van der Waals surface area contributed by atoms with Gasteiger partial charge in [0.2, 0.25) is 0 Å². The van der Waals surface area contributed by atoms with Crippen LogP contribution < -0.4 is 0 Å². The monoisotopic (exact) mass is 563 g/mol. The quantitative estimate of drug-likeness (QED) is 0.214. The molecule has 4 nitrogen and oxygen atoms in total. The van der Waals surface area contributed by atoms with Crippen molar-refractivity contribution in [3.05, 3.63) is 152 Å². The van der Waals surface area contributed by atoms with E-state index < -0.39 is 0 Å². The fraction of sp³-hybridized carbons (Fsp3) is 0. The van der Waals surface area contributed by atoms with Gasteiger partial charge in [-0.15, -0.1) is 0 Å². The van der Waals surface area contributed by atoms with Crippen molar-refractivity contribution in [1.29, 1.82) is 0 Å². The maximum absolute atomic E-state index is 6.44. The number of benzene rings is 6. The highest BCUT2D eigenvalue weighted by Crippen LogP contribution is 2.40. The van der Waals surface area contributed by atoms with E-state index >= 15 is 0 Å². The number of furan rings is 1. The average molecular weight is 564 g/mol. The summed E-state index contributed by atoms with van der Waals surface area (Å²) in [5, 5.41) is 4.50. The number of aromatic nitrogens is 3. The Balaban J connectivity index is 1.42. The molecule has 0 radical (unpaired) electrons. The van der Waals surface area contributed by atoms with Gasteiger partial charge in [0, 0.05) is 44.3 Å². The van der Waals surface area contributed by atoms with Crippen LogP contribution in [0.4, 0.5) is 0 Å². The van der Waals surface area contributed by atoms with Crippen molar-refractivity contribution >= 4 is 43.7 Å². The fourth-order valence-electron chi connectivity index (χ4n) is 6.39. The van der Waals surface area contributed by atoms with Gasteiger partial charge in [-0.2, -0.15) is 0 Å². The van der Waals surface area contributed by atoms with Gasteiger partial charge in [-0.25, -0.2) is 9.97 Å². The second-order valence-corrected chi connectivity index (χ2v) is 11.0. The average Bonchev–Trinajstić information content (AvgIpc) is 3.63. The van der Waals surface area contributed by atoms with Crippen LogP contribution in [0.2, 0.25) is 0 Å². The van der Waals surface area contributed by atoms with Crippen LogP contribution in [0.25, 0.3) is 83.3 Å². The van der Waals surface area contributed by atoms with Crippen molar-refractivity contribution in [3.63, 3.8) is 0 Å². The molecule has 0 aliphatic rings. The van der Waals surface area contributed by atoms with Crippen molar-refractivity contribution in [1.82, 2.24) is 14.5 Å². The molecular formula is C40H25N3O. The molecule has 0 atom stereocenters. The van der Waals surface area contributed by atoms with Crippen LogP contribution >= 0.6 is 0 Å². The zero-order chi connectivity index (χ0) is 29.0. The van der Waals surface area contributed by atoms with Crippen LogP contribution in [0.15, 0.2) is 156 Å². The predicted molar refractivity (Wildman–Crippen MR) is 180 cm³/mol. The standard InChI is InChI=1S/C40H25N3O/c1-3-13-26(14-4-1)33-24-34(27-15-5-2-6-16-27)42-40(41-33)32-23-31-30-19-9-12-22-38(30)44-39(31)25-37(32)43-35-20-10-7-17-28(35)29-18-8-11-21-36(29)43/h1-25H. The Kier molecular flexibility index (Phi) is 5.47. The summed E-state index contributed by atoms with van der Waals surface area (Å²) in [4.78, 5) is 10.5. The van der Waals surface area contributed by atoms with Crippen LogP contribution in [0.1, 0.15) is 0 Å². The van der Waals surface area contributed by atoms with E-state index in [1.807, 2.05) is 48.5 Å². The number of hydrogen-bond acceptors (Lipinski definition) is 3. The van der Waals surface area contributed by atoms with Crippen molar-refractivity contribution in [2.45, 2.75) is 0 Å². The predicted octanol–water partition coefficient (Wildman–Crippen LogP) is 10.5. The lowest BCUT2D eigenvalue weighted by Crippen LogP contribution is -2.01. The molecular weight excluding hydrogens is 538 g/mol. The molecule has 206 valence electrons. The van der Waals surface area contributed by atoms with Crippen LogP contribution in [-0.2, 0) is 0 Å². The van der Waals surface area contributed by atoms with E-state index in [4.69, 9.17) is 14.4 Å². The summed E-state index contributed by atoms with van der Waals surface area (Å²) in [6.07, 6.45) is 0. The van der Waals surface area contributed by atoms with Crippen LogP contribution in [0.3, 0.4) is 0 Å². The Hall–Kier alpha value is -6.00. The molecule has 4 heteroatoms. The molecule has 3 aromatic heterocycles. The van der Waals surface area contributed by atoms with E-state index in [0.717, 1.165) is 66.7 Å². The van der Waals surface area contributed by atoms with E-state index in [1.54, 1.807) is 0 Å². The van der Waals surface area contributed by atoms with E-state index in [-0.39, 0.29) is 0 Å². The van der Waals surface area contributed by atoms with Gasteiger partial charge in [-0.05, 0) is 30.3 Å². The largest absolute Gasteiger partial charge is 0.456 e. The molecule has 0 fully saturated rings. The van der Waals surface area contributed by atoms with Gasteiger partial charge in [0.1, 0.15) is 11.2 Å². The number of para-hydroxylation sites is 3. The van der Waals surface area contributed by atoms with E-state index in [1.165, 1.54) is 10.8 Å². The second-order valence-electron chi connectivity index (χ2n) is 11.0. The Labute approximate surface area is 253 Å². The van der Waals surface area contributed by atoms with Crippen LogP contribution in [0.5, 0.6) is 0 Å². The minimum Gasteiger partial charge on any atom is -0.456 e. The third-order valence-corrected chi connectivity index (χ3v) is 8.42. The number of fused-ring (bicyclic) bond motifs is 6. The summed E-state index contributed by atoms with van der Waals surface area (Å²) in [7, 11) is 0. The van der Waals surface area contributed by atoms with Crippen molar-refractivity contribution in [2.24, 2.45) is 0 Å². The first kappa shape index (κ1) is 24.6. The molecule has 6 aromatic carbocycles. The molecule has 9 aromatic rings. The summed E-state index contributed by atoms with van der Waals surface area (Å²) in [5.74, 6) is 0.661. The first-order valence-electron chi connectivity index (χ1n) is 14.8. The lowest BCUT2D eigenvalue weighted by atomic mass is 10.0. The molecule has 9 rings (SSSR count). The molecule has 0 N–H and O–H groups in total. The molecule has 0 spiro atoms. The maximum atomic E-state index is 6.44. The van der Waals surface area contributed by atoms with Gasteiger partial charge in [0.25, 0.3) is 0 Å². The highest BCUT2D eigenvalue weighted by Gasteiger charge is 2.21. The van der Waals surface area contributed by atoms with E-state index in [9.17, 15) is 0 Å². The van der Waals surface area contributed by atoms with Gasteiger partial charge in [-0.3, -0.25) is 0 Å². The molecule has 0 unspecified atom stereocenters. The number of rotatable bonds is 4. The molecule has 0 saturated carbocycles. The summed E-state index contributed by atoms with van der Waals surface area (Å²) >= 11 is 0. The zero-order valence-electron chi connectivity index (χ0n) is 23.7. The van der Waals surface area contributed by atoms with Crippen LogP contribution in [-0.4, -0.2) is 14.5 Å². The topological polar surface area (TPSA) is 43.9 Å². The van der Waals surface area contributed by atoms with Gasteiger partial charge >= 0.3 is 0 Å². The molecule has 44 heavy (non-hydrogen) atoms. The minimum atomic E-state index is 0.661. The Morgan fingerprint density at radius 2 is 0.955 bits per heavy atom. The normalized spacial score (nSPS) is 11.6. The summed E-state index contributed by atoms with van der Waals surface area (Å²) in [6.45, 7) is 0. The molecule has 0 amide bonds. The van der Waals surface area contributed by atoms with Crippen molar-refractivity contribution < 1.29 is 4.42 Å². The summed E-state index contributed by atoms with van der Waals surface area (Å²) in [5.41, 5.74) is 9.67. The highest BCUT2D eigenvalue weighted by molar-refractivity contribution is 6.11. The van der Waals surface area contributed by atoms with Gasteiger partial charge in [0.15, 0.2) is 5.82 Å². The smallest absolute Gasteiger partial charge is 0.162 e. The highest BCUT2D eigenvalue weighted by atomic mass is 16.3. The van der Waals surface area contributed by atoms with E-state index in [2.05, 4.69) is 108 Å². The van der Waals surface area contributed by atoms with Gasteiger partial charge < -0.3 is 8.98 Å². The lowest BCUT2D eigenvalue weighted by molar-refractivity contribution is 0.668. The lowest BCUT2D eigenvalue weighted by Gasteiger charge is -2.15. The Morgan fingerprint density at radius 1 is 0.432 bits per heavy atom. The number of hydrogen-bond donors (Lipinski definition) is 0. The number of nitrogens with zero attached hydrogens (tertiary/aromatic N) is 3. The molecule has 0 bridgehead atoms. The van der Waals surface area contributed by atoms with Gasteiger partial charge in [-0.1, -0.05) is 115 Å².